The Kier molecular flexibility index (Phi) is 3.34. The predicted octanol–water partition coefficient (Wildman–Crippen LogP) is 0.0417. The molecule has 0 bridgehead atoms. The zero-order valence-electron chi connectivity index (χ0n) is 7.79. The molecule has 0 aromatic carbocycles. The summed E-state index contributed by atoms with van der Waals surface area (Å²) in [6.07, 6.45) is 1.09. The molecule has 0 aliphatic carbocycles. The molecule has 1 heterocycles. The first-order valence-electron chi connectivity index (χ1n) is 4.35. The van der Waals surface area contributed by atoms with Crippen molar-refractivity contribution in [2.24, 2.45) is 10.7 Å². The van der Waals surface area contributed by atoms with E-state index < -0.39 is 0 Å². The molecule has 0 aromatic heterocycles. The van der Waals surface area contributed by atoms with E-state index in [0.29, 0.717) is 18.6 Å². The lowest BCUT2D eigenvalue weighted by Gasteiger charge is -2.24. The van der Waals surface area contributed by atoms with Gasteiger partial charge in [0, 0.05) is 13.7 Å². The molecule has 0 fully saturated rings. The molecule has 12 heavy (non-hydrogen) atoms. The highest BCUT2D eigenvalue weighted by atomic mass is 16.5. The smallest absolute Gasteiger partial charge is 0.191 e. The predicted molar refractivity (Wildman–Crippen MR) is 49.2 cm³/mol. The van der Waals surface area contributed by atoms with E-state index in [1.807, 2.05) is 0 Å². The molecule has 4 nitrogen and oxygen atoms in total. The molecule has 2 N–H and O–H groups in total. The van der Waals surface area contributed by atoms with Crippen LogP contribution in [0.25, 0.3) is 0 Å². The number of guanidine groups is 1. The molecule has 1 aliphatic rings. The highest BCUT2D eigenvalue weighted by molar-refractivity contribution is 5.80. The second-order valence-electron chi connectivity index (χ2n) is 2.95. The fourth-order valence-corrected chi connectivity index (χ4v) is 1.41. The molecule has 4 heteroatoms. The third kappa shape index (κ3) is 1.88. The molecule has 0 saturated heterocycles. The first-order chi connectivity index (χ1) is 5.79. The maximum absolute atomic E-state index is 5.71. The number of nitrogens with zero attached hydrogens (tertiary/aromatic N) is 2. The highest BCUT2D eigenvalue weighted by Crippen LogP contribution is 2.10. The zero-order chi connectivity index (χ0) is 8.97. The van der Waals surface area contributed by atoms with Crippen LogP contribution in [0, 0.1) is 0 Å². The summed E-state index contributed by atoms with van der Waals surface area (Å²) in [7, 11) is 1.70. The molecule has 1 atom stereocenters. The van der Waals surface area contributed by atoms with Gasteiger partial charge in [-0.05, 0) is 6.42 Å². The maximum atomic E-state index is 5.71. The van der Waals surface area contributed by atoms with Crippen molar-refractivity contribution in [3.05, 3.63) is 0 Å². The quantitative estimate of drug-likeness (QED) is 0.650. The molecule has 0 amide bonds. The topological polar surface area (TPSA) is 50.8 Å². The summed E-state index contributed by atoms with van der Waals surface area (Å²) < 4.78 is 4.99. The average molecular weight is 171 g/mol. The van der Waals surface area contributed by atoms with Gasteiger partial charge in [0.2, 0.25) is 0 Å². The average Bonchev–Trinajstić information content (AvgIpc) is 2.43. The summed E-state index contributed by atoms with van der Waals surface area (Å²) in [4.78, 5) is 6.30. The minimum absolute atomic E-state index is 0.486. The lowest BCUT2D eigenvalue weighted by atomic mass is 10.2. The van der Waals surface area contributed by atoms with Gasteiger partial charge in [0.05, 0.1) is 19.2 Å². The Bertz CT molecular complexity index is 170. The molecule has 70 valence electrons. The van der Waals surface area contributed by atoms with E-state index in [4.69, 9.17) is 10.5 Å². The Balaban J connectivity index is 2.41. The Morgan fingerprint density at radius 1 is 1.75 bits per heavy atom. The van der Waals surface area contributed by atoms with Crippen LogP contribution in [0.3, 0.4) is 0 Å². The second kappa shape index (κ2) is 4.30. The van der Waals surface area contributed by atoms with Crippen LogP contribution < -0.4 is 5.73 Å². The van der Waals surface area contributed by atoms with Crippen LogP contribution in [0.1, 0.15) is 13.3 Å². The number of ether oxygens (including phenoxy) is 1. The van der Waals surface area contributed by atoms with Crippen LogP contribution >= 0.6 is 0 Å². The van der Waals surface area contributed by atoms with E-state index in [1.165, 1.54) is 0 Å². The summed E-state index contributed by atoms with van der Waals surface area (Å²) in [5.74, 6) is 0.666. The van der Waals surface area contributed by atoms with Crippen molar-refractivity contribution in [1.82, 2.24) is 4.90 Å². The van der Waals surface area contributed by atoms with E-state index in [1.54, 1.807) is 7.11 Å². The van der Waals surface area contributed by atoms with Gasteiger partial charge >= 0.3 is 0 Å². The SMILES string of the molecule is CCC1CN=C(N)N1CCOC. The van der Waals surface area contributed by atoms with Crippen molar-refractivity contribution < 1.29 is 4.74 Å². The third-order valence-electron chi connectivity index (χ3n) is 2.21. The van der Waals surface area contributed by atoms with Gasteiger partial charge in [-0.3, -0.25) is 4.99 Å². The summed E-state index contributed by atoms with van der Waals surface area (Å²) in [5, 5.41) is 0. The van der Waals surface area contributed by atoms with Crippen molar-refractivity contribution in [2.45, 2.75) is 19.4 Å². The summed E-state index contributed by atoms with van der Waals surface area (Å²) in [6.45, 7) is 4.56. The Morgan fingerprint density at radius 2 is 2.50 bits per heavy atom. The van der Waals surface area contributed by atoms with E-state index in [9.17, 15) is 0 Å². The number of nitrogens with two attached hydrogens (primary N) is 1. The van der Waals surface area contributed by atoms with Crippen molar-refractivity contribution >= 4 is 5.96 Å². The van der Waals surface area contributed by atoms with Crippen LogP contribution in [-0.4, -0.2) is 43.7 Å². The molecule has 0 saturated carbocycles. The Labute approximate surface area is 73.4 Å². The second-order valence-corrected chi connectivity index (χ2v) is 2.95. The maximum Gasteiger partial charge on any atom is 0.191 e. The summed E-state index contributed by atoms with van der Waals surface area (Å²) in [5.41, 5.74) is 5.71. The monoisotopic (exact) mass is 171 g/mol. The van der Waals surface area contributed by atoms with Crippen LogP contribution in [-0.2, 0) is 4.74 Å². The molecule has 0 aromatic rings. The lowest BCUT2D eigenvalue weighted by Crippen LogP contribution is -2.42. The van der Waals surface area contributed by atoms with Gasteiger partial charge < -0.3 is 15.4 Å². The Morgan fingerprint density at radius 3 is 3.08 bits per heavy atom. The zero-order valence-corrected chi connectivity index (χ0v) is 7.79. The Hall–Kier alpha value is -0.770. The third-order valence-corrected chi connectivity index (χ3v) is 2.21. The standard InChI is InChI=1S/C8H17N3O/c1-3-7-6-10-8(9)11(7)4-5-12-2/h7H,3-6H2,1-2H3,(H2,9,10). The molecule has 1 rings (SSSR count). The minimum atomic E-state index is 0.486. The van der Waals surface area contributed by atoms with Crippen molar-refractivity contribution in [1.29, 1.82) is 0 Å². The number of methoxy groups -OCH3 is 1. The van der Waals surface area contributed by atoms with Gasteiger partial charge in [-0.15, -0.1) is 0 Å². The number of aliphatic imine (C=N–C) groups is 1. The van der Waals surface area contributed by atoms with E-state index in [-0.39, 0.29) is 0 Å². The van der Waals surface area contributed by atoms with Crippen molar-refractivity contribution in [3.8, 4) is 0 Å². The minimum Gasteiger partial charge on any atom is -0.383 e. The number of hydrogen-bond donors (Lipinski definition) is 1. The lowest BCUT2D eigenvalue weighted by molar-refractivity contribution is 0.165. The number of hydrogen-bond acceptors (Lipinski definition) is 4. The molecule has 1 unspecified atom stereocenters. The van der Waals surface area contributed by atoms with Gasteiger partial charge in [-0.1, -0.05) is 6.92 Å². The first-order valence-corrected chi connectivity index (χ1v) is 4.35. The van der Waals surface area contributed by atoms with Gasteiger partial charge in [-0.25, -0.2) is 0 Å². The first kappa shape index (κ1) is 9.32. The highest BCUT2D eigenvalue weighted by Gasteiger charge is 2.23. The molecule has 0 spiro atoms. The van der Waals surface area contributed by atoms with Crippen LogP contribution in [0.2, 0.25) is 0 Å². The van der Waals surface area contributed by atoms with Crippen LogP contribution in [0.15, 0.2) is 4.99 Å². The van der Waals surface area contributed by atoms with Gasteiger partial charge in [-0.2, -0.15) is 0 Å². The van der Waals surface area contributed by atoms with Gasteiger partial charge in [0.15, 0.2) is 5.96 Å². The molecular formula is C8H17N3O. The molecule has 0 radical (unpaired) electrons. The van der Waals surface area contributed by atoms with Crippen molar-refractivity contribution in [2.75, 3.05) is 26.8 Å². The van der Waals surface area contributed by atoms with Gasteiger partial charge in [0.1, 0.15) is 0 Å². The molecular weight excluding hydrogens is 154 g/mol. The fraction of sp³-hybridized carbons (Fsp3) is 0.875. The summed E-state index contributed by atoms with van der Waals surface area (Å²) >= 11 is 0. The summed E-state index contributed by atoms with van der Waals surface area (Å²) in [6, 6.07) is 0.486. The molecule has 1 aliphatic heterocycles. The largest absolute Gasteiger partial charge is 0.383 e. The van der Waals surface area contributed by atoms with Crippen LogP contribution in [0.5, 0.6) is 0 Å². The van der Waals surface area contributed by atoms with Crippen LogP contribution in [0.4, 0.5) is 0 Å². The fourth-order valence-electron chi connectivity index (χ4n) is 1.41. The normalized spacial score (nSPS) is 23.0. The van der Waals surface area contributed by atoms with Gasteiger partial charge in [0.25, 0.3) is 0 Å². The van der Waals surface area contributed by atoms with Crippen molar-refractivity contribution in [3.63, 3.8) is 0 Å². The van der Waals surface area contributed by atoms with E-state index >= 15 is 0 Å². The van der Waals surface area contributed by atoms with E-state index in [2.05, 4.69) is 16.8 Å². The van der Waals surface area contributed by atoms with E-state index in [0.717, 1.165) is 19.5 Å². The number of rotatable bonds is 4.